The molecule has 0 aliphatic heterocycles. The molecule has 19 heavy (non-hydrogen) atoms. The van der Waals surface area contributed by atoms with Gasteiger partial charge in [-0.05, 0) is 49.4 Å². The molecule has 0 spiro atoms. The largest absolute Gasteiger partial charge is 0.310 e. The molecule has 1 heterocycles. The van der Waals surface area contributed by atoms with E-state index in [9.17, 15) is 0 Å². The van der Waals surface area contributed by atoms with Crippen molar-refractivity contribution in [1.29, 1.82) is 0 Å². The van der Waals surface area contributed by atoms with Crippen LogP contribution in [-0.2, 0) is 6.54 Å². The normalized spacial score (nSPS) is 14.6. The minimum atomic E-state index is 0.741. The fourth-order valence-electron chi connectivity index (χ4n) is 2.36. The molecule has 1 aliphatic carbocycles. The van der Waals surface area contributed by atoms with E-state index < -0.39 is 0 Å². The van der Waals surface area contributed by atoms with Gasteiger partial charge in [0.15, 0.2) is 0 Å². The van der Waals surface area contributed by atoms with Crippen LogP contribution in [0.4, 0.5) is 0 Å². The number of nitrogens with zero attached hydrogens (tertiary/aromatic N) is 1. The van der Waals surface area contributed by atoms with Crippen molar-refractivity contribution in [2.24, 2.45) is 0 Å². The highest BCUT2D eigenvalue weighted by Crippen LogP contribution is 2.26. The molecule has 0 bridgehead atoms. The fourth-order valence-corrected chi connectivity index (χ4v) is 2.36. The van der Waals surface area contributed by atoms with Crippen molar-refractivity contribution in [3.8, 4) is 11.1 Å². The Morgan fingerprint density at radius 1 is 1.11 bits per heavy atom. The van der Waals surface area contributed by atoms with Gasteiger partial charge in [0.05, 0.1) is 0 Å². The third-order valence-corrected chi connectivity index (χ3v) is 3.61. The smallest absolute Gasteiger partial charge is 0.0346 e. The summed E-state index contributed by atoms with van der Waals surface area (Å²) >= 11 is 0. The number of rotatable bonds is 4. The molecule has 0 radical (unpaired) electrons. The lowest BCUT2D eigenvalue weighted by atomic mass is 9.98. The van der Waals surface area contributed by atoms with Gasteiger partial charge in [0.2, 0.25) is 0 Å². The molecule has 1 aliphatic rings. The molecule has 2 nitrogen and oxygen atoms in total. The van der Waals surface area contributed by atoms with Gasteiger partial charge in [0.1, 0.15) is 0 Å². The monoisotopic (exact) mass is 252 g/mol. The minimum Gasteiger partial charge on any atom is -0.310 e. The van der Waals surface area contributed by atoms with Crippen LogP contribution in [-0.4, -0.2) is 11.0 Å². The summed E-state index contributed by atoms with van der Waals surface area (Å²) in [6.45, 7) is 5.19. The van der Waals surface area contributed by atoms with Gasteiger partial charge in [-0.25, -0.2) is 0 Å². The van der Waals surface area contributed by atoms with Crippen LogP contribution in [0.3, 0.4) is 0 Å². The van der Waals surface area contributed by atoms with Crippen molar-refractivity contribution in [3.63, 3.8) is 0 Å². The molecule has 2 aromatic rings. The Kier molecular flexibility index (Phi) is 3.34. The van der Waals surface area contributed by atoms with Gasteiger partial charge in [0.25, 0.3) is 0 Å². The highest BCUT2D eigenvalue weighted by atomic mass is 14.9. The van der Waals surface area contributed by atoms with Crippen molar-refractivity contribution in [1.82, 2.24) is 10.3 Å². The van der Waals surface area contributed by atoms with E-state index in [0.717, 1.165) is 12.6 Å². The quantitative estimate of drug-likeness (QED) is 0.899. The second kappa shape index (κ2) is 5.14. The summed E-state index contributed by atoms with van der Waals surface area (Å²) in [4.78, 5) is 4.32. The van der Waals surface area contributed by atoms with Crippen LogP contribution in [0.2, 0.25) is 0 Å². The summed E-state index contributed by atoms with van der Waals surface area (Å²) in [5.41, 5.74) is 6.40. The lowest BCUT2D eigenvalue weighted by Gasteiger charge is -2.12. The van der Waals surface area contributed by atoms with Gasteiger partial charge >= 0.3 is 0 Å². The van der Waals surface area contributed by atoms with Crippen molar-refractivity contribution in [3.05, 3.63) is 53.3 Å². The zero-order chi connectivity index (χ0) is 13.2. The van der Waals surface area contributed by atoms with E-state index in [0.29, 0.717) is 0 Å². The van der Waals surface area contributed by atoms with E-state index in [2.05, 4.69) is 48.4 Å². The van der Waals surface area contributed by atoms with E-state index in [1.165, 1.54) is 40.7 Å². The molecule has 0 atom stereocenters. The second-order valence-corrected chi connectivity index (χ2v) is 5.57. The first kappa shape index (κ1) is 12.4. The first-order valence-corrected chi connectivity index (χ1v) is 6.97. The standard InChI is InChI=1S/C17H20N2/c1-12-3-4-14(11-19-16-5-6-16)17(8-12)15-7-13(2)9-18-10-15/h3-4,7-10,16,19H,5-6,11H2,1-2H3. The summed E-state index contributed by atoms with van der Waals surface area (Å²) in [6, 6.07) is 9.65. The molecule has 1 fully saturated rings. The Morgan fingerprint density at radius 2 is 1.95 bits per heavy atom. The molecule has 1 aromatic heterocycles. The zero-order valence-corrected chi connectivity index (χ0v) is 11.6. The number of benzene rings is 1. The Labute approximate surface area is 114 Å². The van der Waals surface area contributed by atoms with Crippen LogP contribution in [0.5, 0.6) is 0 Å². The highest BCUT2D eigenvalue weighted by molar-refractivity contribution is 5.68. The Bertz CT molecular complexity index is 586. The maximum atomic E-state index is 4.32. The molecule has 98 valence electrons. The molecule has 1 N–H and O–H groups in total. The second-order valence-electron chi connectivity index (χ2n) is 5.57. The maximum absolute atomic E-state index is 4.32. The van der Waals surface area contributed by atoms with Crippen molar-refractivity contribution < 1.29 is 0 Å². The Balaban J connectivity index is 1.94. The van der Waals surface area contributed by atoms with Gasteiger partial charge in [-0.15, -0.1) is 0 Å². The first-order valence-electron chi connectivity index (χ1n) is 6.97. The van der Waals surface area contributed by atoms with Gasteiger partial charge in [-0.1, -0.05) is 23.8 Å². The van der Waals surface area contributed by atoms with Crippen LogP contribution in [0, 0.1) is 13.8 Å². The highest BCUT2D eigenvalue weighted by Gasteiger charge is 2.20. The molecular weight excluding hydrogens is 232 g/mol. The van der Waals surface area contributed by atoms with Crippen molar-refractivity contribution in [2.75, 3.05) is 0 Å². The third kappa shape index (κ3) is 3.02. The predicted molar refractivity (Wildman–Crippen MR) is 79.0 cm³/mol. The number of hydrogen-bond acceptors (Lipinski definition) is 2. The summed E-state index contributed by atoms with van der Waals surface area (Å²) in [6.07, 6.45) is 6.52. The van der Waals surface area contributed by atoms with E-state index in [-0.39, 0.29) is 0 Å². The first-order chi connectivity index (χ1) is 9.22. The fraction of sp³-hybridized carbons (Fsp3) is 0.353. The average molecular weight is 252 g/mol. The van der Waals surface area contributed by atoms with Gasteiger partial charge in [0, 0.05) is 30.5 Å². The number of hydrogen-bond donors (Lipinski definition) is 1. The SMILES string of the molecule is Cc1cncc(-c2cc(C)ccc2CNC2CC2)c1. The molecule has 1 aromatic carbocycles. The molecule has 0 saturated heterocycles. The number of pyridine rings is 1. The summed E-state index contributed by atoms with van der Waals surface area (Å²) in [5.74, 6) is 0. The van der Waals surface area contributed by atoms with Crippen LogP contribution < -0.4 is 5.32 Å². The summed E-state index contributed by atoms with van der Waals surface area (Å²) < 4.78 is 0. The van der Waals surface area contributed by atoms with Gasteiger partial charge < -0.3 is 5.32 Å². The van der Waals surface area contributed by atoms with Gasteiger partial charge in [-0.2, -0.15) is 0 Å². The molecule has 1 saturated carbocycles. The molecule has 0 amide bonds. The topological polar surface area (TPSA) is 24.9 Å². The molecule has 0 unspecified atom stereocenters. The van der Waals surface area contributed by atoms with E-state index in [4.69, 9.17) is 0 Å². The number of aromatic nitrogens is 1. The van der Waals surface area contributed by atoms with Crippen LogP contribution in [0.1, 0.15) is 29.5 Å². The molecule has 2 heteroatoms. The van der Waals surface area contributed by atoms with E-state index >= 15 is 0 Å². The van der Waals surface area contributed by atoms with Crippen LogP contribution in [0.15, 0.2) is 36.7 Å². The molecule has 3 rings (SSSR count). The average Bonchev–Trinajstić information content (AvgIpc) is 3.21. The van der Waals surface area contributed by atoms with Crippen LogP contribution >= 0.6 is 0 Å². The Hall–Kier alpha value is -1.67. The zero-order valence-electron chi connectivity index (χ0n) is 11.6. The Morgan fingerprint density at radius 3 is 2.68 bits per heavy atom. The van der Waals surface area contributed by atoms with E-state index in [1.807, 2.05) is 12.4 Å². The number of nitrogens with one attached hydrogen (secondary N) is 1. The van der Waals surface area contributed by atoms with E-state index in [1.54, 1.807) is 0 Å². The maximum Gasteiger partial charge on any atom is 0.0346 e. The van der Waals surface area contributed by atoms with Gasteiger partial charge in [-0.3, -0.25) is 4.98 Å². The van der Waals surface area contributed by atoms with Crippen molar-refractivity contribution >= 4 is 0 Å². The van der Waals surface area contributed by atoms with Crippen LogP contribution in [0.25, 0.3) is 11.1 Å². The summed E-state index contributed by atoms with van der Waals surface area (Å²) in [5, 5.41) is 3.60. The summed E-state index contributed by atoms with van der Waals surface area (Å²) in [7, 11) is 0. The number of aryl methyl sites for hydroxylation is 2. The third-order valence-electron chi connectivity index (χ3n) is 3.61. The van der Waals surface area contributed by atoms with Crippen molar-refractivity contribution in [2.45, 2.75) is 39.3 Å². The predicted octanol–water partition coefficient (Wildman–Crippen LogP) is 3.62. The molecular formula is C17H20N2. The minimum absolute atomic E-state index is 0.741. The lowest BCUT2D eigenvalue weighted by Crippen LogP contribution is -2.15. The lowest BCUT2D eigenvalue weighted by molar-refractivity contribution is 0.688.